The number of carbonyl (C=O) groups excluding carboxylic acids is 3. The molecule has 0 spiro atoms. The molecule has 0 saturated heterocycles. The van der Waals surface area contributed by atoms with Crippen LogP contribution >= 0.6 is 0 Å². The van der Waals surface area contributed by atoms with Crippen molar-refractivity contribution in [2.45, 2.75) is 38.1 Å². The fourth-order valence-electron chi connectivity index (χ4n) is 3.15. The van der Waals surface area contributed by atoms with E-state index < -0.39 is 58.0 Å². The molecule has 33 heavy (non-hydrogen) atoms. The molecule has 0 atom stereocenters. The van der Waals surface area contributed by atoms with Gasteiger partial charge in [-0.2, -0.15) is 17.2 Å². The molecule has 0 aliphatic heterocycles. The van der Waals surface area contributed by atoms with Crippen LogP contribution in [0.5, 0.6) is 0 Å². The van der Waals surface area contributed by atoms with Gasteiger partial charge in [-0.1, -0.05) is 19.0 Å². The fraction of sp³-hybridized carbons (Fsp3) is 0.500. The van der Waals surface area contributed by atoms with Gasteiger partial charge >= 0.3 is 21.3 Å². The van der Waals surface area contributed by atoms with Gasteiger partial charge in [0.1, 0.15) is 0 Å². The van der Waals surface area contributed by atoms with Gasteiger partial charge in [0, 0.05) is 27.9 Å². The van der Waals surface area contributed by atoms with Crippen molar-refractivity contribution in [2.24, 2.45) is 0 Å². The Morgan fingerprint density at radius 2 is 1.27 bits per heavy atom. The minimum absolute atomic E-state index is 0.0429. The molecule has 0 aromatic heterocycles. The molecule has 1 rings (SSSR count). The third-order valence-electron chi connectivity index (χ3n) is 4.93. The highest BCUT2D eigenvalue weighted by molar-refractivity contribution is 7.86. The van der Waals surface area contributed by atoms with Crippen LogP contribution in [0.25, 0.3) is 0 Å². The van der Waals surface area contributed by atoms with Gasteiger partial charge in [0.25, 0.3) is 0 Å². The van der Waals surface area contributed by atoms with E-state index in [1.807, 2.05) is 0 Å². The standard InChI is InChI=1S/C18H21B3F2N2O7S/c1-9(26)24(3)15-11(5-19)14(17(28)32-8-18(22,23)33(29,30)31)12(6-20)16(13(15)7-21)25(4)10(2)27/h5-8H2,1-4H3,(H,29,30,31). The van der Waals surface area contributed by atoms with E-state index in [1.54, 1.807) is 0 Å². The van der Waals surface area contributed by atoms with Crippen molar-refractivity contribution < 1.29 is 40.9 Å². The molecule has 1 aromatic rings. The molecule has 1 aromatic carbocycles. The number of benzene rings is 1. The number of anilines is 2. The van der Waals surface area contributed by atoms with Gasteiger partial charge < -0.3 is 14.5 Å². The molecule has 0 unspecified atom stereocenters. The van der Waals surface area contributed by atoms with Crippen molar-refractivity contribution in [2.75, 3.05) is 30.5 Å². The maximum atomic E-state index is 13.6. The quantitative estimate of drug-likeness (QED) is 0.307. The number of rotatable bonds is 9. The monoisotopic (exact) mass is 480 g/mol. The maximum absolute atomic E-state index is 13.6. The second kappa shape index (κ2) is 10.7. The highest BCUT2D eigenvalue weighted by atomic mass is 32.2. The second-order valence-electron chi connectivity index (χ2n) is 6.96. The third-order valence-corrected chi connectivity index (χ3v) is 5.80. The van der Waals surface area contributed by atoms with Crippen LogP contribution in [0.1, 0.15) is 40.9 Å². The molecule has 0 heterocycles. The van der Waals surface area contributed by atoms with Crippen LogP contribution in [0, 0.1) is 0 Å². The lowest BCUT2D eigenvalue weighted by Crippen LogP contribution is -2.35. The maximum Gasteiger partial charge on any atom is 0.402 e. The van der Waals surface area contributed by atoms with Gasteiger partial charge in [-0.25, -0.2) is 4.79 Å². The zero-order chi connectivity index (χ0) is 25.9. The summed E-state index contributed by atoms with van der Waals surface area (Å²) in [6.45, 7) is 0.403. The van der Waals surface area contributed by atoms with E-state index in [2.05, 4.69) is 4.74 Å². The summed E-state index contributed by atoms with van der Waals surface area (Å²) in [6.07, 6.45) is -1.04. The number of halogens is 2. The smallest absolute Gasteiger partial charge is 0.402 e. The van der Waals surface area contributed by atoms with Crippen LogP contribution in [0.4, 0.5) is 20.2 Å². The lowest BCUT2D eigenvalue weighted by Gasteiger charge is -2.32. The Labute approximate surface area is 194 Å². The van der Waals surface area contributed by atoms with Crippen molar-refractivity contribution in [3.05, 3.63) is 22.3 Å². The van der Waals surface area contributed by atoms with Gasteiger partial charge in [0.2, 0.25) is 11.8 Å². The number of ether oxygens (including phenoxy) is 1. The first kappa shape index (κ1) is 28.6. The molecule has 0 aliphatic rings. The van der Waals surface area contributed by atoms with E-state index >= 15 is 0 Å². The SMILES string of the molecule is [B]Cc1c(C(=O)OCC(F)(F)S(=O)(=O)O)c(C[B])c(N(C)C(C)=O)c(C[B])c1N(C)C(C)=O. The highest BCUT2D eigenvalue weighted by Gasteiger charge is 2.46. The molecule has 0 aliphatic carbocycles. The number of hydrogen-bond acceptors (Lipinski definition) is 6. The molecule has 1 N–H and O–H groups in total. The topological polar surface area (TPSA) is 121 Å². The average molecular weight is 480 g/mol. The van der Waals surface area contributed by atoms with Crippen molar-refractivity contribution >= 4 is 62.8 Å². The van der Waals surface area contributed by atoms with Crippen molar-refractivity contribution in [1.29, 1.82) is 0 Å². The summed E-state index contributed by atoms with van der Waals surface area (Å²) in [6, 6.07) is 0. The molecule has 15 heteroatoms. The van der Waals surface area contributed by atoms with Crippen LogP contribution in [-0.4, -0.2) is 80.2 Å². The minimum atomic E-state index is -5.87. The number of esters is 1. The van der Waals surface area contributed by atoms with E-state index in [0.29, 0.717) is 0 Å². The predicted molar refractivity (Wildman–Crippen MR) is 120 cm³/mol. The Bertz CT molecular complexity index is 1020. The Morgan fingerprint density at radius 1 is 0.909 bits per heavy atom. The first-order valence-corrected chi connectivity index (χ1v) is 10.8. The van der Waals surface area contributed by atoms with Gasteiger partial charge in [0.05, 0.1) is 40.5 Å². The molecule has 2 amide bonds. The number of alkyl halides is 2. The Kier molecular flexibility index (Phi) is 9.27. The van der Waals surface area contributed by atoms with E-state index in [-0.39, 0.29) is 34.4 Å². The van der Waals surface area contributed by atoms with Gasteiger partial charge in [-0.05, 0) is 16.7 Å². The van der Waals surface area contributed by atoms with Gasteiger partial charge in [-0.15, -0.1) is 0 Å². The fourth-order valence-corrected chi connectivity index (χ4v) is 3.36. The minimum Gasteiger partial charge on any atom is -0.454 e. The van der Waals surface area contributed by atoms with Crippen LogP contribution in [0.3, 0.4) is 0 Å². The van der Waals surface area contributed by atoms with Crippen LogP contribution < -0.4 is 9.80 Å². The molecular formula is C18H21B3F2N2O7S. The normalized spacial score (nSPS) is 11.7. The second-order valence-corrected chi connectivity index (χ2v) is 8.51. The van der Waals surface area contributed by atoms with E-state index in [0.717, 1.165) is 9.80 Å². The number of nitrogens with zero attached hydrogens (tertiary/aromatic N) is 2. The summed E-state index contributed by atoms with van der Waals surface area (Å²) in [5, 5.41) is -4.79. The number of hydrogen-bond donors (Lipinski definition) is 1. The first-order chi connectivity index (χ1) is 15.1. The van der Waals surface area contributed by atoms with Gasteiger partial charge in [-0.3, -0.25) is 14.1 Å². The predicted octanol–water partition coefficient (Wildman–Crippen LogP) is 0.295. The van der Waals surface area contributed by atoms with Crippen LogP contribution in [0.15, 0.2) is 0 Å². The summed E-state index contributed by atoms with van der Waals surface area (Å²) in [4.78, 5) is 39.3. The Morgan fingerprint density at radius 3 is 1.55 bits per heavy atom. The summed E-state index contributed by atoms with van der Waals surface area (Å²) in [5.74, 6) is -2.47. The summed E-state index contributed by atoms with van der Waals surface area (Å²) in [7, 11) is 14.4. The Balaban J connectivity index is 3.99. The molecule has 0 fully saturated rings. The summed E-state index contributed by atoms with van der Waals surface area (Å²) in [5.41, 5.74) is -0.216. The third kappa shape index (κ3) is 5.75. The lowest BCUT2D eigenvalue weighted by molar-refractivity contribution is -0.117. The summed E-state index contributed by atoms with van der Waals surface area (Å²) < 4.78 is 62.1. The van der Waals surface area contributed by atoms with Gasteiger partial charge in [0.15, 0.2) is 6.61 Å². The highest BCUT2D eigenvalue weighted by Crippen LogP contribution is 2.40. The molecule has 174 valence electrons. The van der Waals surface area contributed by atoms with E-state index in [4.69, 9.17) is 28.1 Å². The van der Waals surface area contributed by atoms with E-state index in [1.165, 1.54) is 27.9 Å². The number of carbonyl (C=O) groups is 3. The van der Waals surface area contributed by atoms with Crippen LogP contribution in [-0.2, 0) is 43.4 Å². The zero-order valence-electron chi connectivity index (χ0n) is 18.5. The average Bonchev–Trinajstić information content (AvgIpc) is 2.73. The largest absolute Gasteiger partial charge is 0.454 e. The van der Waals surface area contributed by atoms with Crippen molar-refractivity contribution in [1.82, 2.24) is 0 Å². The molecule has 6 radical (unpaired) electrons. The summed E-state index contributed by atoms with van der Waals surface area (Å²) >= 11 is 0. The van der Waals surface area contributed by atoms with E-state index in [9.17, 15) is 31.6 Å². The lowest BCUT2D eigenvalue weighted by atomic mass is 9.78. The Hall–Kier alpha value is -2.41. The zero-order valence-corrected chi connectivity index (χ0v) is 19.3. The van der Waals surface area contributed by atoms with Crippen molar-refractivity contribution in [3.63, 3.8) is 0 Å². The molecule has 0 saturated carbocycles. The molecule has 9 nitrogen and oxygen atoms in total. The number of amides is 2. The first-order valence-electron chi connectivity index (χ1n) is 9.38. The van der Waals surface area contributed by atoms with Crippen molar-refractivity contribution in [3.8, 4) is 0 Å². The molecule has 0 bridgehead atoms. The molecular weight excluding hydrogens is 459 g/mol. The van der Waals surface area contributed by atoms with Crippen LogP contribution in [0.2, 0.25) is 0 Å².